The van der Waals surface area contributed by atoms with Crippen molar-refractivity contribution in [3.8, 4) is 0 Å². The first-order valence-corrected chi connectivity index (χ1v) is 8.42. The average Bonchev–Trinajstić information content (AvgIpc) is 3.01. The molecule has 0 saturated carbocycles. The normalized spacial score (nSPS) is 18.5. The molecule has 0 aliphatic carbocycles. The van der Waals surface area contributed by atoms with E-state index in [1.54, 1.807) is 4.90 Å². The first-order valence-electron chi connectivity index (χ1n) is 8.42. The van der Waals surface area contributed by atoms with Gasteiger partial charge in [0, 0.05) is 31.8 Å². The van der Waals surface area contributed by atoms with Gasteiger partial charge in [-0.1, -0.05) is 5.16 Å². The van der Waals surface area contributed by atoms with Gasteiger partial charge in [0.15, 0.2) is 0 Å². The van der Waals surface area contributed by atoms with Crippen molar-refractivity contribution in [2.45, 2.75) is 38.3 Å². The van der Waals surface area contributed by atoms with E-state index in [0.29, 0.717) is 32.5 Å². The molecule has 6 nitrogen and oxygen atoms in total. The molecule has 26 heavy (non-hydrogen) atoms. The van der Waals surface area contributed by atoms with Gasteiger partial charge >= 0.3 is 6.18 Å². The van der Waals surface area contributed by atoms with E-state index in [9.17, 15) is 18.0 Å². The molecule has 1 aliphatic heterocycles. The standard InChI is InChI=1S/C17H20F3N3O3/c1-10-8-12(17(18,19)20)14-15(22-26-16(14)21-10)11-4-3-6-23(9-11)13(24)5-7-25-2/h8,11H,3-7,9H2,1-2H3/t11-/m0/s1. The van der Waals surface area contributed by atoms with Crippen LogP contribution in [0.4, 0.5) is 13.2 Å². The van der Waals surface area contributed by atoms with Gasteiger partial charge < -0.3 is 14.2 Å². The van der Waals surface area contributed by atoms with Crippen molar-refractivity contribution in [1.82, 2.24) is 15.0 Å². The van der Waals surface area contributed by atoms with Crippen LogP contribution in [0.5, 0.6) is 0 Å². The Bertz CT molecular complexity index is 804. The smallest absolute Gasteiger partial charge is 0.384 e. The molecule has 0 aromatic carbocycles. The fraction of sp³-hybridized carbons (Fsp3) is 0.588. The minimum Gasteiger partial charge on any atom is -0.384 e. The lowest BCUT2D eigenvalue weighted by molar-refractivity contribution is -0.136. The molecule has 1 atom stereocenters. The van der Waals surface area contributed by atoms with Crippen LogP contribution in [-0.2, 0) is 15.7 Å². The lowest BCUT2D eigenvalue weighted by Crippen LogP contribution is -2.39. The number of methoxy groups -OCH3 is 1. The zero-order chi connectivity index (χ0) is 18.9. The van der Waals surface area contributed by atoms with Crippen LogP contribution in [0.1, 0.15) is 42.1 Å². The highest BCUT2D eigenvalue weighted by molar-refractivity contribution is 5.82. The van der Waals surface area contributed by atoms with Gasteiger partial charge in [-0.05, 0) is 25.8 Å². The van der Waals surface area contributed by atoms with Crippen molar-refractivity contribution < 1.29 is 27.2 Å². The number of nitrogens with zero attached hydrogens (tertiary/aromatic N) is 3. The molecule has 1 saturated heterocycles. The molecule has 3 rings (SSSR count). The Hall–Kier alpha value is -2.16. The number of aryl methyl sites for hydroxylation is 1. The molecule has 9 heteroatoms. The minimum atomic E-state index is -4.53. The molecule has 0 spiro atoms. The number of pyridine rings is 1. The number of halogens is 3. The molecule has 1 aliphatic rings. The van der Waals surface area contributed by atoms with Crippen molar-refractivity contribution in [2.24, 2.45) is 0 Å². The number of hydrogen-bond donors (Lipinski definition) is 0. The largest absolute Gasteiger partial charge is 0.417 e. The van der Waals surface area contributed by atoms with Gasteiger partial charge in [0.2, 0.25) is 5.91 Å². The predicted octanol–water partition coefficient (Wildman–Crippen LogP) is 3.29. The second-order valence-electron chi connectivity index (χ2n) is 6.48. The first-order chi connectivity index (χ1) is 12.3. The summed E-state index contributed by atoms with van der Waals surface area (Å²) >= 11 is 0. The van der Waals surface area contributed by atoms with Crippen LogP contribution < -0.4 is 0 Å². The van der Waals surface area contributed by atoms with Gasteiger partial charge in [-0.2, -0.15) is 13.2 Å². The van der Waals surface area contributed by atoms with Crippen LogP contribution in [0.2, 0.25) is 0 Å². The van der Waals surface area contributed by atoms with Crippen molar-refractivity contribution in [3.63, 3.8) is 0 Å². The van der Waals surface area contributed by atoms with Crippen molar-refractivity contribution in [1.29, 1.82) is 0 Å². The number of ether oxygens (including phenoxy) is 1. The number of alkyl halides is 3. The molecule has 142 valence electrons. The number of piperidine rings is 1. The van der Waals surface area contributed by atoms with E-state index < -0.39 is 11.7 Å². The third kappa shape index (κ3) is 3.67. The quantitative estimate of drug-likeness (QED) is 0.825. The molecule has 0 unspecified atom stereocenters. The zero-order valence-electron chi connectivity index (χ0n) is 14.6. The third-order valence-electron chi connectivity index (χ3n) is 4.59. The lowest BCUT2D eigenvalue weighted by atomic mass is 9.91. The van der Waals surface area contributed by atoms with Crippen molar-refractivity contribution in [2.75, 3.05) is 26.8 Å². The highest BCUT2D eigenvalue weighted by atomic mass is 19.4. The molecular weight excluding hydrogens is 351 g/mol. The van der Waals surface area contributed by atoms with E-state index in [1.165, 1.54) is 14.0 Å². The fourth-order valence-electron chi connectivity index (χ4n) is 3.37. The zero-order valence-corrected chi connectivity index (χ0v) is 14.6. The number of carbonyl (C=O) groups excluding carboxylic acids is 1. The molecule has 3 heterocycles. The first kappa shape index (κ1) is 18.6. The van der Waals surface area contributed by atoms with Crippen LogP contribution in [0, 0.1) is 6.92 Å². The van der Waals surface area contributed by atoms with Crippen LogP contribution in [0.3, 0.4) is 0 Å². The number of likely N-dealkylation sites (tertiary alicyclic amines) is 1. The Labute approximate surface area is 148 Å². The van der Waals surface area contributed by atoms with Gasteiger partial charge in [0.05, 0.1) is 29.7 Å². The van der Waals surface area contributed by atoms with Crippen molar-refractivity contribution >= 4 is 17.0 Å². The summed E-state index contributed by atoms with van der Waals surface area (Å²) in [7, 11) is 1.52. The Balaban J connectivity index is 1.94. The fourth-order valence-corrected chi connectivity index (χ4v) is 3.37. The maximum Gasteiger partial charge on any atom is 0.417 e. The molecular formula is C17H20F3N3O3. The lowest BCUT2D eigenvalue weighted by Gasteiger charge is -2.32. The Morgan fingerprint density at radius 3 is 2.92 bits per heavy atom. The number of hydrogen-bond acceptors (Lipinski definition) is 5. The van der Waals surface area contributed by atoms with Crippen molar-refractivity contribution in [3.05, 3.63) is 23.0 Å². The number of fused-ring (bicyclic) bond motifs is 1. The van der Waals surface area contributed by atoms with Gasteiger partial charge in [-0.15, -0.1) is 0 Å². The molecule has 2 aromatic heterocycles. The van der Waals surface area contributed by atoms with E-state index >= 15 is 0 Å². The Morgan fingerprint density at radius 2 is 2.23 bits per heavy atom. The number of rotatable bonds is 4. The van der Waals surface area contributed by atoms with E-state index in [-0.39, 0.29) is 40.7 Å². The number of carbonyl (C=O) groups is 1. The second-order valence-corrected chi connectivity index (χ2v) is 6.48. The monoisotopic (exact) mass is 371 g/mol. The van der Waals surface area contributed by atoms with Gasteiger partial charge in [-0.25, -0.2) is 4.98 Å². The average molecular weight is 371 g/mol. The van der Waals surface area contributed by atoms with Gasteiger partial charge in [-0.3, -0.25) is 4.79 Å². The molecule has 0 bridgehead atoms. The molecule has 1 amide bonds. The van der Waals surface area contributed by atoms with Gasteiger partial charge in [0.1, 0.15) is 0 Å². The predicted molar refractivity (Wildman–Crippen MR) is 86.6 cm³/mol. The summed E-state index contributed by atoms with van der Waals surface area (Å²) in [6, 6.07) is 1.01. The highest BCUT2D eigenvalue weighted by Crippen LogP contribution is 2.39. The van der Waals surface area contributed by atoms with Gasteiger partial charge in [0.25, 0.3) is 5.71 Å². The molecule has 0 radical (unpaired) electrons. The number of amides is 1. The Kier molecular flexibility index (Phi) is 5.17. The van der Waals surface area contributed by atoms with E-state index in [0.717, 1.165) is 6.07 Å². The summed E-state index contributed by atoms with van der Waals surface area (Å²) in [5.74, 6) is -0.392. The summed E-state index contributed by atoms with van der Waals surface area (Å²) in [6.45, 7) is 2.69. The molecule has 0 N–H and O–H groups in total. The summed E-state index contributed by atoms with van der Waals surface area (Å²) in [5, 5.41) is 3.79. The SMILES string of the molecule is COCCC(=O)N1CCC[C@H](c2noc3nc(C)cc(C(F)(F)F)c23)C1. The topological polar surface area (TPSA) is 68.5 Å². The van der Waals surface area contributed by atoms with E-state index in [4.69, 9.17) is 9.26 Å². The minimum absolute atomic E-state index is 0.0747. The van der Waals surface area contributed by atoms with Crippen LogP contribution in [0.25, 0.3) is 11.1 Å². The second kappa shape index (κ2) is 7.22. The molecule has 2 aromatic rings. The molecule has 1 fully saturated rings. The van der Waals surface area contributed by atoms with E-state index in [2.05, 4.69) is 10.1 Å². The van der Waals surface area contributed by atoms with Crippen LogP contribution in [-0.4, -0.2) is 47.8 Å². The maximum absolute atomic E-state index is 13.5. The third-order valence-corrected chi connectivity index (χ3v) is 4.59. The highest BCUT2D eigenvalue weighted by Gasteiger charge is 2.38. The Morgan fingerprint density at radius 1 is 1.46 bits per heavy atom. The summed E-state index contributed by atoms with van der Waals surface area (Å²) in [5.41, 5.74) is -0.467. The summed E-state index contributed by atoms with van der Waals surface area (Å²) < 4.78 is 50.5. The summed E-state index contributed by atoms with van der Waals surface area (Å²) in [4.78, 5) is 17.9. The van der Waals surface area contributed by atoms with Crippen LogP contribution in [0.15, 0.2) is 10.6 Å². The maximum atomic E-state index is 13.5. The van der Waals surface area contributed by atoms with E-state index in [1.807, 2.05) is 0 Å². The number of aromatic nitrogens is 2. The summed E-state index contributed by atoms with van der Waals surface area (Å²) in [6.07, 6.45) is -2.95. The van der Waals surface area contributed by atoms with Crippen LogP contribution >= 0.6 is 0 Å².